The van der Waals surface area contributed by atoms with Gasteiger partial charge < -0.3 is 14.5 Å². The molecule has 1 N–H and O–H groups in total. The molecule has 0 radical (unpaired) electrons. The summed E-state index contributed by atoms with van der Waals surface area (Å²) in [4.78, 5) is 16.1. The SMILES string of the molecule is COc1ccc(-c2nc(CS(=O)(=O)CC(=O)Nc3ccccc3F)co2)cc1. The third-order valence-electron chi connectivity index (χ3n) is 3.76. The minimum Gasteiger partial charge on any atom is -0.497 e. The third-order valence-corrected chi connectivity index (χ3v) is 5.19. The first-order valence-electron chi connectivity index (χ1n) is 8.20. The number of oxazole rings is 1. The van der Waals surface area contributed by atoms with Gasteiger partial charge in [-0.3, -0.25) is 4.79 Å². The number of nitrogens with zero attached hydrogens (tertiary/aromatic N) is 1. The molecule has 0 spiro atoms. The quantitative estimate of drug-likeness (QED) is 0.650. The summed E-state index contributed by atoms with van der Waals surface area (Å²) in [6.45, 7) is 0. The van der Waals surface area contributed by atoms with Crippen LogP contribution in [0.2, 0.25) is 0 Å². The van der Waals surface area contributed by atoms with Crippen molar-refractivity contribution in [2.45, 2.75) is 5.75 Å². The number of nitrogens with one attached hydrogen (secondary N) is 1. The highest BCUT2D eigenvalue weighted by Crippen LogP contribution is 2.22. The largest absolute Gasteiger partial charge is 0.497 e. The molecule has 3 rings (SSSR count). The van der Waals surface area contributed by atoms with Crippen molar-refractivity contribution in [2.24, 2.45) is 0 Å². The minimum atomic E-state index is -3.82. The Hall–Kier alpha value is -3.20. The molecule has 1 heterocycles. The molecule has 0 unspecified atom stereocenters. The summed E-state index contributed by atoms with van der Waals surface area (Å²) in [6.07, 6.45) is 1.23. The Morgan fingerprint density at radius 2 is 1.89 bits per heavy atom. The number of hydrogen-bond acceptors (Lipinski definition) is 6. The molecular formula is C19H17FN2O5S. The van der Waals surface area contributed by atoms with Gasteiger partial charge in [-0.15, -0.1) is 0 Å². The lowest BCUT2D eigenvalue weighted by Crippen LogP contribution is -2.24. The monoisotopic (exact) mass is 404 g/mol. The van der Waals surface area contributed by atoms with Crippen LogP contribution in [0.5, 0.6) is 5.75 Å². The minimum absolute atomic E-state index is 0.0778. The Labute approximate surface area is 161 Å². The van der Waals surface area contributed by atoms with Crippen molar-refractivity contribution in [2.75, 3.05) is 18.2 Å². The number of anilines is 1. The average Bonchev–Trinajstić information content (AvgIpc) is 3.11. The Morgan fingerprint density at radius 3 is 2.57 bits per heavy atom. The van der Waals surface area contributed by atoms with Crippen LogP contribution in [0, 0.1) is 5.82 Å². The normalized spacial score (nSPS) is 11.2. The molecule has 0 aliphatic heterocycles. The number of methoxy groups -OCH3 is 1. The fraction of sp³-hybridized carbons (Fsp3) is 0.158. The first kappa shape index (κ1) is 19.6. The molecular weight excluding hydrogens is 387 g/mol. The lowest BCUT2D eigenvalue weighted by Gasteiger charge is -2.06. The van der Waals surface area contributed by atoms with Crippen molar-refractivity contribution in [3.05, 3.63) is 66.3 Å². The van der Waals surface area contributed by atoms with Crippen molar-refractivity contribution in [1.29, 1.82) is 0 Å². The number of benzene rings is 2. The number of aromatic nitrogens is 1. The number of halogens is 1. The zero-order valence-corrected chi connectivity index (χ0v) is 15.7. The van der Waals surface area contributed by atoms with E-state index in [0.29, 0.717) is 11.3 Å². The van der Waals surface area contributed by atoms with E-state index in [1.807, 2.05) is 0 Å². The lowest BCUT2D eigenvalue weighted by atomic mass is 10.2. The molecule has 2 aromatic carbocycles. The maximum Gasteiger partial charge on any atom is 0.239 e. The molecule has 7 nitrogen and oxygen atoms in total. The first-order valence-corrected chi connectivity index (χ1v) is 10.0. The average molecular weight is 404 g/mol. The summed E-state index contributed by atoms with van der Waals surface area (Å²) in [5, 5.41) is 2.25. The molecule has 1 aromatic heterocycles. The van der Waals surface area contributed by atoms with Gasteiger partial charge in [-0.2, -0.15) is 0 Å². The number of amides is 1. The Morgan fingerprint density at radius 1 is 1.18 bits per heavy atom. The fourth-order valence-corrected chi connectivity index (χ4v) is 3.62. The van der Waals surface area contributed by atoms with E-state index in [1.165, 1.54) is 30.5 Å². The number of carbonyl (C=O) groups excluding carboxylic acids is 1. The molecule has 0 atom stereocenters. The van der Waals surface area contributed by atoms with Crippen molar-refractivity contribution in [3.8, 4) is 17.2 Å². The molecule has 0 aliphatic carbocycles. The van der Waals surface area contributed by atoms with Crippen molar-refractivity contribution >= 4 is 21.4 Å². The maximum atomic E-state index is 13.5. The molecule has 0 saturated heterocycles. The highest BCUT2D eigenvalue weighted by molar-refractivity contribution is 7.91. The Bertz CT molecular complexity index is 1080. The van der Waals surface area contributed by atoms with Crippen LogP contribution >= 0.6 is 0 Å². The van der Waals surface area contributed by atoms with Crippen LogP contribution in [-0.4, -0.2) is 32.2 Å². The van der Waals surface area contributed by atoms with E-state index < -0.39 is 33.1 Å². The number of para-hydroxylation sites is 1. The van der Waals surface area contributed by atoms with Crippen LogP contribution in [0.3, 0.4) is 0 Å². The Kier molecular flexibility index (Phi) is 5.74. The fourth-order valence-electron chi connectivity index (χ4n) is 2.46. The second kappa shape index (κ2) is 8.22. The van der Waals surface area contributed by atoms with Gasteiger partial charge in [-0.05, 0) is 36.4 Å². The summed E-state index contributed by atoms with van der Waals surface area (Å²) >= 11 is 0. The van der Waals surface area contributed by atoms with E-state index in [4.69, 9.17) is 9.15 Å². The summed E-state index contributed by atoms with van der Waals surface area (Å²) in [6, 6.07) is 12.4. The predicted molar refractivity (Wildman–Crippen MR) is 101 cm³/mol. The van der Waals surface area contributed by atoms with Gasteiger partial charge in [-0.25, -0.2) is 17.8 Å². The number of ether oxygens (including phenoxy) is 1. The van der Waals surface area contributed by atoms with Gasteiger partial charge in [0, 0.05) is 5.56 Å². The van der Waals surface area contributed by atoms with E-state index in [0.717, 1.165) is 0 Å². The summed E-state index contributed by atoms with van der Waals surface area (Å²) < 4.78 is 48.5. The van der Waals surface area contributed by atoms with Gasteiger partial charge in [0.2, 0.25) is 11.8 Å². The molecule has 9 heteroatoms. The predicted octanol–water partition coefficient (Wildman–Crippen LogP) is 3.04. The second-order valence-corrected chi connectivity index (χ2v) is 8.00. The maximum absolute atomic E-state index is 13.5. The topological polar surface area (TPSA) is 98.5 Å². The van der Waals surface area contributed by atoms with Gasteiger partial charge in [0.15, 0.2) is 9.84 Å². The van der Waals surface area contributed by atoms with Crippen molar-refractivity contribution in [3.63, 3.8) is 0 Å². The van der Waals surface area contributed by atoms with Crippen LogP contribution in [0.15, 0.2) is 59.2 Å². The van der Waals surface area contributed by atoms with Crippen LogP contribution < -0.4 is 10.1 Å². The van der Waals surface area contributed by atoms with Crippen LogP contribution in [0.4, 0.5) is 10.1 Å². The molecule has 0 fully saturated rings. The van der Waals surface area contributed by atoms with Crippen molar-refractivity contribution < 1.29 is 26.8 Å². The highest BCUT2D eigenvalue weighted by atomic mass is 32.2. The highest BCUT2D eigenvalue weighted by Gasteiger charge is 2.20. The molecule has 0 bridgehead atoms. The zero-order valence-electron chi connectivity index (χ0n) is 14.9. The molecule has 3 aromatic rings. The van der Waals surface area contributed by atoms with E-state index in [-0.39, 0.29) is 17.3 Å². The zero-order chi connectivity index (χ0) is 20.1. The number of rotatable bonds is 7. The molecule has 0 saturated carbocycles. The van der Waals surface area contributed by atoms with Gasteiger partial charge in [-0.1, -0.05) is 12.1 Å². The molecule has 146 valence electrons. The van der Waals surface area contributed by atoms with E-state index in [1.54, 1.807) is 31.4 Å². The number of hydrogen-bond donors (Lipinski definition) is 1. The number of carbonyl (C=O) groups is 1. The van der Waals surface area contributed by atoms with E-state index >= 15 is 0 Å². The molecule has 0 aliphatic rings. The standard InChI is InChI=1S/C19H17FN2O5S/c1-26-15-8-6-13(7-9-15)19-21-14(10-27-19)11-28(24,25)12-18(23)22-17-5-3-2-4-16(17)20/h2-10H,11-12H2,1H3,(H,22,23). The molecule has 28 heavy (non-hydrogen) atoms. The van der Waals surface area contributed by atoms with Crippen molar-refractivity contribution in [1.82, 2.24) is 4.98 Å². The summed E-state index contributed by atoms with van der Waals surface area (Å²) in [5.41, 5.74) is 0.747. The molecule has 1 amide bonds. The number of sulfone groups is 1. The van der Waals surface area contributed by atoms with Gasteiger partial charge in [0.25, 0.3) is 0 Å². The van der Waals surface area contributed by atoms with Crippen LogP contribution in [0.1, 0.15) is 5.69 Å². The van der Waals surface area contributed by atoms with Gasteiger partial charge in [0.1, 0.15) is 23.6 Å². The Balaban J connectivity index is 1.64. The van der Waals surface area contributed by atoms with E-state index in [9.17, 15) is 17.6 Å². The van der Waals surface area contributed by atoms with Crippen LogP contribution in [-0.2, 0) is 20.4 Å². The van der Waals surface area contributed by atoms with Gasteiger partial charge in [0.05, 0.1) is 24.2 Å². The van der Waals surface area contributed by atoms with Gasteiger partial charge >= 0.3 is 0 Å². The third kappa shape index (κ3) is 4.95. The first-order chi connectivity index (χ1) is 13.4. The van der Waals surface area contributed by atoms with E-state index in [2.05, 4.69) is 10.3 Å². The lowest BCUT2D eigenvalue weighted by molar-refractivity contribution is -0.113. The summed E-state index contributed by atoms with van der Waals surface area (Å²) in [7, 11) is -2.28. The second-order valence-electron chi connectivity index (χ2n) is 5.93. The smallest absolute Gasteiger partial charge is 0.239 e. The van der Waals surface area contributed by atoms with Crippen LogP contribution in [0.25, 0.3) is 11.5 Å². The summed E-state index contributed by atoms with van der Waals surface area (Å²) in [5.74, 6) is -1.83.